The summed E-state index contributed by atoms with van der Waals surface area (Å²) in [5.41, 5.74) is 0.968. The third-order valence-corrected chi connectivity index (χ3v) is 4.50. The van der Waals surface area contributed by atoms with E-state index in [-0.39, 0.29) is 0 Å². The smallest absolute Gasteiger partial charge is 0.240 e. The molecule has 1 heterocycles. The first-order chi connectivity index (χ1) is 9.13. The molecule has 0 amide bonds. The first kappa shape index (κ1) is 14.3. The normalized spacial score (nSPS) is 14.2. The molecule has 1 aromatic carbocycles. The molecular formula is C13H20N2O3S. The van der Waals surface area contributed by atoms with E-state index in [0.717, 1.165) is 37.2 Å². The highest BCUT2D eigenvalue weighted by Crippen LogP contribution is 2.27. The van der Waals surface area contributed by atoms with Gasteiger partial charge in [-0.1, -0.05) is 6.92 Å². The fourth-order valence-electron chi connectivity index (χ4n) is 2.01. The van der Waals surface area contributed by atoms with Gasteiger partial charge in [-0.15, -0.1) is 0 Å². The molecule has 5 nitrogen and oxygen atoms in total. The maximum absolute atomic E-state index is 12.1. The Morgan fingerprint density at radius 2 is 2.16 bits per heavy atom. The number of hydrogen-bond donors (Lipinski definition) is 2. The Kier molecular flexibility index (Phi) is 4.79. The van der Waals surface area contributed by atoms with Crippen molar-refractivity contribution in [3.05, 3.63) is 23.8 Å². The summed E-state index contributed by atoms with van der Waals surface area (Å²) in [6, 6.07) is 5.03. The van der Waals surface area contributed by atoms with Gasteiger partial charge >= 0.3 is 0 Å². The predicted molar refractivity (Wildman–Crippen MR) is 74.0 cm³/mol. The Morgan fingerprint density at radius 3 is 2.95 bits per heavy atom. The average molecular weight is 284 g/mol. The highest BCUT2D eigenvalue weighted by Gasteiger charge is 2.18. The Balaban J connectivity index is 1.95. The van der Waals surface area contributed by atoms with Gasteiger partial charge < -0.3 is 10.1 Å². The van der Waals surface area contributed by atoms with Crippen LogP contribution in [0.4, 0.5) is 0 Å². The molecule has 0 unspecified atom stereocenters. The number of nitrogens with one attached hydrogen (secondary N) is 2. The molecular weight excluding hydrogens is 264 g/mol. The Bertz CT molecular complexity index is 529. The summed E-state index contributed by atoms with van der Waals surface area (Å²) in [5, 5.41) is 3.16. The lowest BCUT2D eigenvalue weighted by Crippen LogP contribution is -2.27. The minimum absolute atomic E-state index is 0.320. The van der Waals surface area contributed by atoms with Crippen molar-refractivity contribution in [2.75, 3.05) is 26.2 Å². The van der Waals surface area contributed by atoms with Crippen molar-refractivity contribution in [2.24, 2.45) is 0 Å². The van der Waals surface area contributed by atoms with Gasteiger partial charge in [-0.05, 0) is 43.3 Å². The topological polar surface area (TPSA) is 67.4 Å². The molecule has 0 atom stereocenters. The lowest BCUT2D eigenvalue weighted by atomic mass is 10.2. The molecule has 0 saturated heterocycles. The van der Waals surface area contributed by atoms with E-state index in [0.29, 0.717) is 18.0 Å². The molecule has 0 aromatic heterocycles. The monoisotopic (exact) mass is 284 g/mol. The van der Waals surface area contributed by atoms with Gasteiger partial charge in [0.05, 0.1) is 11.5 Å². The van der Waals surface area contributed by atoms with Crippen LogP contribution in [-0.2, 0) is 16.4 Å². The maximum Gasteiger partial charge on any atom is 0.240 e. The number of sulfonamides is 1. The van der Waals surface area contributed by atoms with Crippen LogP contribution in [0, 0.1) is 0 Å². The highest BCUT2D eigenvalue weighted by atomic mass is 32.2. The minimum Gasteiger partial charge on any atom is -0.493 e. The summed E-state index contributed by atoms with van der Waals surface area (Å²) in [7, 11) is -3.40. The van der Waals surface area contributed by atoms with Crippen molar-refractivity contribution < 1.29 is 13.2 Å². The van der Waals surface area contributed by atoms with Crippen LogP contribution >= 0.6 is 0 Å². The molecule has 0 fully saturated rings. The summed E-state index contributed by atoms with van der Waals surface area (Å²) < 4.78 is 32.2. The number of rotatable bonds is 7. The van der Waals surface area contributed by atoms with E-state index in [1.807, 2.05) is 6.92 Å². The lowest BCUT2D eigenvalue weighted by molar-refractivity contribution is 0.356. The summed E-state index contributed by atoms with van der Waals surface area (Å²) in [6.45, 7) is 4.82. The summed E-state index contributed by atoms with van der Waals surface area (Å²) in [4.78, 5) is 0.320. The second kappa shape index (κ2) is 6.36. The molecule has 2 N–H and O–H groups in total. The highest BCUT2D eigenvalue weighted by molar-refractivity contribution is 7.89. The van der Waals surface area contributed by atoms with Crippen LogP contribution in [0.15, 0.2) is 23.1 Å². The van der Waals surface area contributed by atoms with Crippen LogP contribution in [-0.4, -0.2) is 34.7 Å². The second-order valence-corrected chi connectivity index (χ2v) is 6.24. The molecule has 0 saturated carbocycles. The Labute approximate surface area is 114 Å². The van der Waals surface area contributed by atoms with E-state index < -0.39 is 10.0 Å². The predicted octanol–water partition coefficient (Wildman–Crippen LogP) is 0.899. The van der Waals surface area contributed by atoms with Crippen molar-refractivity contribution in [1.29, 1.82) is 0 Å². The van der Waals surface area contributed by atoms with Gasteiger partial charge in [0.2, 0.25) is 10.0 Å². The van der Waals surface area contributed by atoms with Crippen molar-refractivity contribution in [3.63, 3.8) is 0 Å². The standard InChI is InChI=1S/C13H20N2O3S/c1-2-14-7-3-8-15-19(16,17)12-4-5-13-11(10-12)6-9-18-13/h4-5,10,14-15H,2-3,6-9H2,1H3. The zero-order valence-electron chi connectivity index (χ0n) is 11.1. The lowest BCUT2D eigenvalue weighted by Gasteiger charge is -2.08. The fraction of sp³-hybridized carbons (Fsp3) is 0.538. The zero-order chi connectivity index (χ0) is 13.7. The van der Waals surface area contributed by atoms with Gasteiger partial charge in [0.15, 0.2) is 0 Å². The first-order valence-electron chi connectivity index (χ1n) is 6.59. The quantitative estimate of drug-likeness (QED) is 0.730. The molecule has 19 heavy (non-hydrogen) atoms. The number of hydrogen-bond acceptors (Lipinski definition) is 4. The van der Waals surface area contributed by atoms with Crippen molar-refractivity contribution >= 4 is 10.0 Å². The Hall–Kier alpha value is -1.11. The molecule has 0 aliphatic carbocycles. The first-order valence-corrected chi connectivity index (χ1v) is 8.08. The second-order valence-electron chi connectivity index (χ2n) is 4.47. The number of fused-ring (bicyclic) bond motifs is 1. The van der Waals surface area contributed by atoms with Crippen LogP contribution in [0.1, 0.15) is 18.9 Å². The molecule has 2 rings (SSSR count). The van der Waals surface area contributed by atoms with Crippen molar-refractivity contribution in [2.45, 2.75) is 24.7 Å². The Morgan fingerprint density at radius 1 is 1.32 bits per heavy atom. The van der Waals surface area contributed by atoms with Crippen molar-refractivity contribution in [1.82, 2.24) is 10.0 Å². The molecule has 106 valence electrons. The average Bonchev–Trinajstić information content (AvgIpc) is 2.85. The summed E-state index contributed by atoms with van der Waals surface area (Å²) >= 11 is 0. The molecule has 1 aliphatic rings. The van der Waals surface area contributed by atoms with E-state index in [1.165, 1.54) is 0 Å². The van der Waals surface area contributed by atoms with Crippen LogP contribution in [0.2, 0.25) is 0 Å². The fourth-order valence-corrected chi connectivity index (χ4v) is 3.13. The van der Waals surface area contributed by atoms with E-state index in [1.54, 1.807) is 18.2 Å². The molecule has 6 heteroatoms. The van der Waals surface area contributed by atoms with Crippen molar-refractivity contribution in [3.8, 4) is 5.75 Å². The van der Waals surface area contributed by atoms with E-state index >= 15 is 0 Å². The van der Waals surface area contributed by atoms with Gasteiger partial charge in [0.25, 0.3) is 0 Å². The van der Waals surface area contributed by atoms with E-state index in [2.05, 4.69) is 10.0 Å². The third kappa shape index (κ3) is 3.68. The molecule has 1 aromatic rings. The molecule has 0 bridgehead atoms. The molecule has 0 spiro atoms. The summed E-state index contributed by atoms with van der Waals surface area (Å²) in [6.07, 6.45) is 1.56. The maximum atomic E-state index is 12.1. The third-order valence-electron chi connectivity index (χ3n) is 3.04. The molecule has 1 aliphatic heterocycles. The summed E-state index contributed by atoms with van der Waals surface area (Å²) in [5.74, 6) is 0.797. The van der Waals surface area contributed by atoms with Crippen LogP contribution in [0.3, 0.4) is 0 Å². The number of ether oxygens (including phenoxy) is 1. The van der Waals surface area contributed by atoms with E-state index in [4.69, 9.17) is 4.74 Å². The minimum atomic E-state index is -3.40. The van der Waals surface area contributed by atoms with Gasteiger partial charge in [0, 0.05) is 13.0 Å². The largest absolute Gasteiger partial charge is 0.493 e. The van der Waals surface area contributed by atoms with Crippen LogP contribution in [0.25, 0.3) is 0 Å². The number of benzene rings is 1. The van der Waals surface area contributed by atoms with Crippen LogP contribution in [0.5, 0.6) is 5.75 Å². The SMILES string of the molecule is CCNCCCNS(=O)(=O)c1ccc2c(c1)CCO2. The van der Waals surface area contributed by atoms with Gasteiger partial charge in [-0.3, -0.25) is 0 Å². The molecule has 0 radical (unpaired) electrons. The van der Waals surface area contributed by atoms with E-state index in [9.17, 15) is 8.42 Å². The van der Waals surface area contributed by atoms with Gasteiger partial charge in [-0.2, -0.15) is 0 Å². The zero-order valence-corrected chi connectivity index (χ0v) is 11.9. The van der Waals surface area contributed by atoms with Crippen LogP contribution < -0.4 is 14.8 Å². The van der Waals surface area contributed by atoms with Gasteiger partial charge in [-0.25, -0.2) is 13.1 Å². The van der Waals surface area contributed by atoms with Gasteiger partial charge in [0.1, 0.15) is 5.75 Å².